The summed E-state index contributed by atoms with van der Waals surface area (Å²) < 4.78 is 5.21. The highest BCUT2D eigenvalue weighted by atomic mass is 16.5. The van der Waals surface area contributed by atoms with Crippen LogP contribution in [0.2, 0.25) is 0 Å². The first kappa shape index (κ1) is 21.9. The Labute approximate surface area is 179 Å². The number of nitrogens with zero attached hydrogens (tertiary/aromatic N) is 2. The Bertz CT molecular complexity index is 892. The molecule has 0 bridgehead atoms. The second-order valence-corrected chi connectivity index (χ2v) is 8.22. The van der Waals surface area contributed by atoms with Crippen molar-refractivity contribution in [1.82, 2.24) is 4.90 Å². The highest BCUT2D eigenvalue weighted by Crippen LogP contribution is 2.41. The molecule has 5 heteroatoms. The van der Waals surface area contributed by atoms with Gasteiger partial charge < -0.3 is 14.5 Å². The topological polar surface area (TPSA) is 49.9 Å². The third kappa shape index (κ3) is 4.35. The molecule has 30 heavy (non-hydrogen) atoms. The van der Waals surface area contributed by atoms with Crippen LogP contribution in [0.15, 0.2) is 48.5 Å². The lowest BCUT2D eigenvalue weighted by Crippen LogP contribution is -2.44. The van der Waals surface area contributed by atoms with E-state index in [0.717, 1.165) is 23.4 Å². The van der Waals surface area contributed by atoms with Gasteiger partial charge >= 0.3 is 0 Å². The van der Waals surface area contributed by atoms with Gasteiger partial charge in [0, 0.05) is 36.3 Å². The van der Waals surface area contributed by atoms with Crippen LogP contribution in [0.3, 0.4) is 0 Å². The van der Waals surface area contributed by atoms with Crippen molar-refractivity contribution in [2.75, 3.05) is 18.6 Å². The molecule has 1 heterocycles. The molecule has 0 aliphatic carbocycles. The van der Waals surface area contributed by atoms with E-state index in [1.54, 1.807) is 31.4 Å². The minimum absolute atomic E-state index is 0.00132. The quantitative estimate of drug-likeness (QED) is 0.685. The van der Waals surface area contributed by atoms with E-state index in [1.165, 1.54) is 0 Å². The largest absolute Gasteiger partial charge is 0.497 e. The molecule has 5 nitrogen and oxygen atoms in total. The first-order valence-electron chi connectivity index (χ1n) is 10.7. The van der Waals surface area contributed by atoms with Gasteiger partial charge in [-0.1, -0.05) is 18.2 Å². The zero-order valence-electron chi connectivity index (χ0n) is 18.6. The fraction of sp³-hybridized carbons (Fsp3) is 0.440. The van der Waals surface area contributed by atoms with Crippen LogP contribution >= 0.6 is 0 Å². The van der Waals surface area contributed by atoms with Crippen LogP contribution in [0.1, 0.15) is 62.4 Å². The number of ether oxygens (including phenoxy) is 1. The van der Waals surface area contributed by atoms with Crippen LogP contribution in [-0.2, 0) is 4.79 Å². The van der Waals surface area contributed by atoms with Crippen molar-refractivity contribution in [3.8, 4) is 5.75 Å². The maximum Gasteiger partial charge on any atom is 0.258 e. The summed E-state index contributed by atoms with van der Waals surface area (Å²) in [6.07, 6.45) is 1.23. The van der Waals surface area contributed by atoms with Gasteiger partial charge in [0.05, 0.1) is 7.11 Å². The second-order valence-electron chi connectivity index (χ2n) is 8.22. The molecule has 1 aliphatic heterocycles. The summed E-state index contributed by atoms with van der Waals surface area (Å²) in [4.78, 5) is 30.1. The minimum atomic E-state index is -0.0280. The fourth-order valence-electron chi connectivity index (χ4n) is 4.47. The van der Waals surface area contributed by atoms with Gasteiger partial charge in [-0.05, 0) is 75.9 Å². The van der Waals surface area contributed by atoms with E-state index >= 15 is 0 Å². The zero-order chi connectivity index (χ0) is 21.8. The number of carbonyl (C=O) groups excluding carboxylic acids is 2. The minimum Gasteiger partial charge on any atom is -0.497 e. The molecule has 2 aromatic carbocycles. The maximum atomic E-state index is 13.4. The van der Waals surface area contributed by atoms with Crippen molar-refractivity contribution in [1.29, 1.82) is 0 Å². The lowest BCUT2D eigenvalue weighted by Gasteiger charge is -2.40. The van der Waals surface area contributed by atoms with E-state index in [0.29, 0.717) is 18.5 Å². The molecule has 2 atom stereocenters. The summed E-state index contributed by atoms with van der Waals surface area (Å²) in [5.41, 5.74) is 2.61. The number of carbonyl (C=O) groups is 2. The van der Waals surface area contributed by atoms with Gasteiger partial charge in [0.25, 0.3) is 5.91 Å². The van der Waals surface area contributed by atoms with Crippen molar-refractivity contribution < 1.29 is 14.3 Å². The molecular weight excluding hydrogens is 376 g/mol. The predicted molar refractivity (Wildman–Crippen MR) is 120 cm³/mol. The summed E-state index contributed by atoms with van der Waals surface area (Å²) in [5.74, 6) is 0.980. The summed E-state index contributed by atoms with van der Waals surface area (Å²) in [5, 5.41) is 0. The fourth-order valence-corrected chi connectivity index (χ4v) is 4.47. The number of hydrogen-bond donors (Lipinski definition) is 0. The normalized spacial score (nSPS) is 18.1. The van der Waals surface area contributed by atoms with Crippen LogP contribution in [0, 0.1) is 0 Å². The van der Waals surface area contributed by atoms with Crippen molar-refractivity contribution in [3.63, 3.8) is 0 Å². The van der Waals surface area contributed by atoms with Crippen LogP contribution < -0.4 is 9.64 Å². The van der Waals surface area contributed by atoms with Crippen molar-refractivity contribution in [2.45, 2.75) is 58.5 Å². The van der Waals surface area contributed by atoms with Crippen molar-refractivity contribution in [2.24, 2.45) is 0 Å². The Hall–Kier alpha value is -2.82. The highest BCUT2D eigenvalue weighted by Gasteiger charge is 2.35. The summed E-state index contributed by atoms with van der Waals surface area (Å²) in [6, 6.07) is 15.4. The molecule has 0 saturated carbocycles. The number of hydrogen-bond acceptors (Lipinski definition) is 3. The second kappa shape index (κ2) is 9.33. The van der Waals surface area contributed by atoms with Gasteiger partial charge in [-0.15, -0.1) is 0 Å². The van der Waals surface area contributed by atoms with E-state index in [9.17, 15) is 9.59 Å². The number of methoxy groups -OCH3 is 1. The van der Waals surface area contributed by atoms with E-state index in [-0.39, 0.29) is 29.8 Å². The van der Waals surface area contributed by atoms with Gasteiger partial charge in [0.2, 0.25) is 5.91 Å². The van der Waals surface area contributed by atoms with E-state index in [4.69, 9.17) is 4.74 Å². The van der Waals surface area contributed by atoms with Crippen LogP contribution in [-0.4, -0.2) is 42.5 Å². The van der Waals surface area contributed by atoms with E-state index in [2.05, 4.69) is 13.0 Å². The number of para-hydroxylation sites is 1. The average molecular weight is 409 g/mol. The Morgan fingerprint density at radius 2 is 1.80 bits per heavy atom. The third-order valence-corrected chi connectivity index (χ3v) is 5.96. The molecule has 0 saturated heterocycles. The zero-order valence-corrected chi connectivity index (χ0v) is 18.6. The molecular formula is C25H32N2O3. The summed E-state index contributed by atoms with van der Waals surface area (Å²) >= 11 is 0. The molecule has 1 aliphatic rings. The Balaban J connectivity index is 1.89. The average Bonchev–Trinajstić information content (AvgIpc) is 2.73. The molecule has 160 valence electrons. The van der Waals surface area contributed by atoms with Gasteiger partial charge in [-0.3, -0.25) is 9.59 Å². The first-order chi connectivity index (χ1) is 14.4. The molecule has 2 aromatic rings. The maximum absolute atomic E-state index is 13.4. The van der Waals surface area contributed by atoms with Gasteiger partial charge in [0.15, 0.2) is 0 Å². The predicted octanol–water partition coefficient (Wildman–Crippen LogP) is 4.86. The smallest absolute Gasteiger partial charge is 0.258 e. The lowest BCUT2D eigenvalue weighted by molar-refractivity contribution is -0.133. The Morgan fingerprint density at radius 1 is 1.13 bits per heavy atom. The summed E-state index contributed by atoms with van der Waals surface area (Å²) in [6.45, 7) is 8.89. The molecule has 0 aromatic heterocycles. The summed E-state index contributed by atoms with van der Waals surface area (Å²) in [7, 11) is 1.61. The van der Waals surface area contributed by atoms with Crippen molar-refractivity contribution in [3.05, 3.63) is 59.7 Å². The SMILES string of the molecule is CCN(C(=O)CC1CC(C)N(C(=O)c2ccc(OC)cc2)c2ccccc21)C(C)C. The number of benzene rings is 2. The number of rotatable bonds is 6. The van der Waals surface area contributed by atoms with Crippen molar-refractivity contribution >= 4 is 17.5 Å². The van der Waals surface area contributed by atoms with Gasteiger partial charge in [0.1, 0.15) is 5.75 Å². The molecule has 0 radical (unpaired) electrons. The van der Waals surface area contributed by atoms with E-state index < -0.39 is 0 Å². The standard InChI is InChI=1S/C25H32N2O3/c1-6-26(17(2)3)24(28)16-20-15-18(4)27(23-10-8-7-9-22(20)23)25(29)19-11-13-21(30-5)14-12-19/h7-14,17-18,20H,6,15-16H2,1-5H3. The van der Waals surface area contributed by atoms with Crippen LogP contribution in [0.25, 0.3) is 0 Å². The number of fused-ring (bicyclic) bond motifs is 1. The third-order valence-electron chi connectivity index (χ3n) is 5.96. The van der Waals surface area contributed by atoms with E-state index in [1.807, 2.05) is 48.8 Å². The number of anilines is 1. The Kier molecular flexibility index (Phi) is 6.80. The number of amides is 2. The molecule has 0 spiro atoms. The molecule has 2 unspecified atom stereocenters. The monoisotopic (exact) mass is 408 g/mol. The molecule has 0 fully saturated rings. The lowest BCUT2D eigenvalue weighted by atomic mass is 9.83. The van der Waals surface area contributed by atoms with Gasteiger partial charge in [-0.25, -0.2) is 0 Å². The molecule has 0 N–H and O–H groups in total. The molecule has 2 amide bonds. The first-order valence-corrected chi connectivity index (χ1v) is 10.7. The van der Waals surface area contributed by atoms with Gasteiger partial charge in [-0.2, -0.15) is 0 Å². The highest BCUT2D eigenvalue weighted by molar-refractivity contribution is 6.07. The Morgan fingerprint density at radius 3 is 2.40 bits per heavy atom. The van der Waals surface area contributed by atoms with Crippen LogP contribution in [0.5, 0.6) is 5.75 Å². The molecule has 3 rings (SSSR count). The van der Waals surface area contributed by atoms with Crippen LogP contribution in [0.4, 0.5) is 5.69 Å².